The number of nitrogens with one attached hydrogen (secondary N) is 1. The van der Waals surface area contributed by atoms with Gasteiger partial charge in [0.25, 0.3) is 0 Å². The van der Waals surface area contributed by atoms with E-state index in [0.717, 1.165) is 5.56 Å². The van der Waals surface area contributed by atoms with Crippen molar-refractivity contribution in [3.63, 3.8) is 0 Å². The summed E-state index contributed by atoms with van der Waals surface area (Å²) >= 11 is 0. The van der Waals surface area contributed by atoms with Crippen LogP contribution in [0, 0.1) is 0 Å². The highest BCUT2D eigenvalue weighted by atomic mass is 16.4. The number of benzene rings is 1. The Kier molecular flexibility index (Phi) is 4.51. The Bertz CT molecular complexity index is 362. The molecule has 1 amide bonds. The molecular weight excluding hydrogens is 206 g/mol. The van der Waals surface area contributed by atoms with Crippen LogP contribution in [0.15, 0.2) is 30.3 Å². The van der Waals surface area contributed by atoms with Crippen LogP contribution >= 0.6 is 0 Å². The van der Waals surface area contributed by atoms with E-state index in [9.17, 15) is 9.59 Å². The second-order valence-corrected chi connectivity index (χ2v) is 3.62. The van der Waals surface area contributed by atoms with E-state index in [-0.39, 0.29) is 5.91 Å². The first-order chi connectivity index (χ1) is 7.59. The van der Waals surface area contributed by atoms with Crippen molar-refractivity contribution in [2.45, 2.75) is 25.8 Å². The minimum absolute atomic E-state index is 0.319. The summed E-state index contributed by atoms with van der Waals surface area (Å²) in [7, 11) is 0. The monoisotopic (exact) mass is 221 g/mol. The maximum Gasteiger partial charge on any atom is 0.326 e. The molecule has 4 nitrogen and oxygen atoms in total. The molecule has 1 aromatic rings. The van der Waals surface area contributed by atoms with Crippen molar-refractivity contribution in [1.82, 2.24) is 5.32 Å². The maximum absolute atomic E-state index is 10.8. The quantitative estimate of drug-likeness (QED) is 0.785. The molecule has 0 saturated carbocycles. The minimum atomic E-state index is -0.994. The Morgan fingerprint density at radius 2 is 1.94 bits per heavy atom. The van der Waals surface area contributed by atoms with Gasteiger partial charge in [-0.3, -0.25) is 4.79 Å². The largest absolute Gasteiger partial charge is 0.480 e. The summed E-state index contributed by atoms with van der Waals surface area (Å²) < 4.78 is 0. The van der Waals surface area contributed by atoms with Crippen LogP contribution in [-0.4, -0.2) is 23.0 Å². The third-order valence-electron chi connectivity index (χ3n) is 2.24. The molecule has 86 valence electrons. The number of carbonyl (C=O) groups is 2. The fraction of sp³-hybridized carbons (Fsp3) is 0.333. The number of hydrogen-bond acceptors (Lipinski definition) is 2. The highest BCUT2D eigenvalue weighted by Gasteiger charge is 2.17. The van der Waals surface area contributed by atoms with Crippen LogP contribution in [0.4, 0.5) is 0 Å². The van der Waals surface area contributed by atoms with E-state index < -0.39 is 12.0 Å². The lowest BCUT2D eigenvalue weighted by Gasteiger charge is -2.12. The number of hydrogen-bond donors (Lipinski definition) is 2. The van der Waals surface area contributed by atoms with Crippen LogP contribution in [0.3, 0.4) is 0 Å². The van der Waals surface area contributed by atoms with Crippen LogP contribution in [0.25, 0.3) is 0 Å². The molecule has 4 heteroatoms. The number of amides is 1. The summed E-state index contributed by atoms with van der Waals surface area (Å²) in [4.78, 5) is 21.6. The first kappa shape index (κ1) is 12.2. The number of aliphatic carboxylic acids is 1. The molecule has 0 spiro atoms. The van der Waals surface area contributed by atoms with E-state index in [1.807, 2.05) is 30.3 Å². The van der Waals surface area contributed by atoms with E-state index in [1.165, 1.54) is 6.92 Å². The highest BCUT2D eigenvalue weighted by molar-refractivity contribution is 5.82. The Morgan fingerprint density at radius 3 is 2.44 bits per heavy atom. The predicted molar refractivity (Wildman–Crippen MR) is 60.0 cm³/mol. The van der Waals surface area contributed by atoms with Crippen molar-refractivity contribution in [3.8, 4) is 0 Å². The molecule has 1 aromatic carbocycles. The van der Waals surface area contributed by atoms with Gasteiger partial charge < -0.3 is 10.4 Å². The van der Waals surface area contributed by atoms with Crippen LogP contribution in [0.2, 0.25) is 0 Å². The number of carbonyl (C=O) groups excluding carboxylic acids is 1. The van der Waals surface area contributed by atoms with Gasteiger partial charge in [0.2, 0.25) is 5.91 Å². The summed E-state index contributed by atoms with van der Waals surface area (Å²) in [5, 5.41) is 11.3. The van der Waals surface area contributed by atoms with Gasteiger partial charge in [0.15, 0.2) is 0 Å². The molecule has 0 fully saturated rings. The van der Waals surface area contributed by atoms with E-state index in [4.69, 9.17) is 5.11 Å². The number of carboxylic acids is 1. The lowest BCUT2D eigenvalue weighted by Crippen LogP contribution is -2.39. The third kappa shape index (κ3) is 4.13. The highest BCUT2D eigenvalue weighted by Crippen LogP contribution is 2.05. The van der Waals surface area contributed by atoms with Gasteiger partial charge in [-0.1, -0.05) is 30.3 Å². The lowest BCUT2D eigenvalue weighted by atomic mass is 10.1. The molecule has 0 heterocycles. The van der Waals surface area contributed by atoms with Crippen molar-refractivity contribution in [2.24, 2.45) is 0 Å². The normalized spacial score (nSPS) is 11.8. The van der Waals surface area contributed by atoms with Crippen molar-refractivity contribution >= 4 is 11.9 Å². The lowest BCUT2D eigenvalue weighted by molar-refractivity contribution is -0.141. The van der Waals surface area contributed by atoms with Gasteiger partial charge in [-0.25, -0.2) is 4.79 Å². The molecule has 16 heavy (non-hydrogen) atoms. The number of rotatable bonds is 5. The van der Waals surface area contributed by atoms with Gasteiger partial charge in [-0.15, -0.1) is 0 Å². The third-order valence-corrected chi connectivity index (χ3v) is 2.24. The van der Waals surface area contributed by atoms with E-state index in [1.54, 1.807) is 0 Å². The van der Waals surface area contributed by atoms with Crippen molar-refractivity contribution in [1.29, 1.82) is 0 Å². The predicted octanol–water partition coefficient (Wildman–Crippen LogP) is 1.21. The average molecular weight is 221 g/mol. The van der Waals surface area contributed by atoms with Crippen LogP contribution in [-0.2, 0) is 16.0 Å². The Morgan fingerprint density at radius 1 is 1.31 bits per heavy atom. The number of carboxylic acid groups (broad SMARTS) is 1. The van der Waals surface area contributed by atoms with Gasteiger partial charge in [-0.05, 0) is 18.4 Å². The molecule has 0 saturated heterocycles. The molecule has 0 aliphatic carbocycles. The SMILES string of the molecule is CC(=O)NC(CCc1ccccc1)C(=O)O. The number of aryl methyl sites for hydroxylation is 1. The van der Waals surface area contributed by atoms with Crippen LogP contribution in [0.5, 0.6) is 0 Å². The molecule has 0 aliphatic rings. The topological polar surface area (TPSA) is 66.4 Å². The molecule has 1 rings (SSSR count). The van der Waals surface area contributed by atoms with Gasteiger partial charge in [-0.2, -0.15) is 0 Å². The summed E-state index contributed by atoms with van der Waals surface area (Å²) in [6, 6.07) is 8.79. The fourth-order valence-corrected chi connectivity index (χ4v) is 1.46. The summed E-state index contributed by atoms with van der Waals surface area (Å²) in [5.41, 5.74) is 1.07. The molecule has 1 unspecified atom stereocenters. The Labute approximate surface area is 94.3 Å². The maximum atomic E-state index is 10.8. The minimum Gasteiger partial charge on any atom is -0.480 e. The van der Waals surface area contributed by atoms with Gasteiger partial charge >= 0.3 is 5.97 Å². The van der Waals surface area contributed by atoms with Crippen molar-refractivity contribution < 1.29 is 14.7 Å². The molecule has 0 bridgehead atoms. The zero-order valence-electron chi connectivity index (χ0n) is 9.14. The van der Waals surface area contributed by atoms with E-state index in [0.29, 0.717) is 12.8 Å². The summed E-state index contributed by atoms with van der Waals surface area (Å²) in [5.74, 6) is -1.31. The first-order valence-electron chi connectivity index (χ1n) is 5.13. The molecule has 1 atom stereocenters. The molecule has 0 aromatic heterocycles. The van der Waals surface area contributed by atoms with Crippen molar-refractivity contribution in [3.05, 3.63) is 35.9 Å². The van der Waals surface area contributed by atoms with Crippen LogP contribution in [0.1, 0.15) is 18.9 Å². The fourth-order valence-electron chi connectivity index (χ4n) is 1.46. The van der Waals surface area contributed by atoms with Gasteiger partial charge in [0.1, 0.15) is 6.04 Å². The average Bonchev–Trinajstić information content (AvgIpc) is 2.25. The molecule has 2 N–H and O–H groups in total. The molecule has 0 radical (unpaired) electrons. The Balaban J connectivity index is 2.50. The van der Waals surface area contributed by atoms with E-state index in [2.05, 4.69) is 5.32 Å². The van der Waals surface area contributed by atoms with Gasteiger partial charge in [0.05, 0.1) is 0 Å². The standard InChI is InChI=1S/C12H15NO3/c1-9(14)13-11(12(15)16)8-7-10-5-3-2-4-6-10/h2-6,11H,7-8H2,1H3,(H,13,14)(H,15,16). The summed E-state index contributed by atoms with van der Waals surface area (Å²) in [6.07, 6.45) is 1.04. The molecular formula is C12H15NO3. The Hall–Kier alpha value is -1.84. The van der Waals surface area contributed by atoms with Crippen LogP contribution < -0.4 is 5.32 Å². The molecule has 0 aliphatic heterocycles. The zero-order chi connectivity index (χ0) is 12.0. The second kappa shape index (κ2) is 5.90. The second-order valence-electron chi connectivity index (χ2n) is 3.62. The van der Waals surface area contributed by atoms with Gasteiger partial charge in [0, 0.05) is 6.92 Å². The first-order valence-corrected chi connectivity index (χ1v) is 5.13. The van der Waals surface area contributed by atoms with E-state index >= 15 is 0 Å². The summed E-state index contributed by atoms with van der Waals surface area (Å²) in [6.45, 7) is 1.32. The van der Waals surface area contributed by atoms with Crippen molar-refractivity contribution in [2.75, 3.05) is 0 Å². The smallest absolute Gasteiger partial charge is 0.326 e. The zero-order valence-corrected chi connectivity index (χ0v) is 9.14.